The molecule has 0 radical (unpaired) electrons. The van der Waals surface area contributed by atoms with Gasteiger partial charge in [0.1, 0.15) is 12.4 Å². The maximum absolute atomic E-state index is 5.96. The molecule has 1 heterocycles. The molecule has 0 saturated carbocycles. The van der Waals surface area contributed by atoms with Gasteiger partial charge in [0.05, 0.1) is 9.90 Å². The molecule has 0 aliphatic rings. The summed E-state index contributed by atoms with van der Waals surface area (Å²) in [4.78, 5) is 1.07. The van der Waals surface area contributed by atoms with Gasteiger partial charge in [-0.1, -0.05) is 11.6 Å². The van der Waals surface area contributed by atoms with Crippen LogP contribution in [0.1, 0.15) is 4.88 Å². The van der Waals surface area contributed by atoms with E-state index >= 15 is 0 Å². The van der Waals surface area contributed by atoms with Crippen molar-refractivity contribution in [3.8, 4) is 5.75 Å². The zero-order chi connectivity index (χ0) is 10.7. The van der Waals surface area contributed by atoms with Gasteiger partial charge in [0.2, 0.25) is 0 Å². The number of thiophene rings is 1. The summed E-state index contributed by atoms with van der Waals surface area (Å²) in [6.07, 6.45) is 0. The van der Waals surface area contributed by atoms with Crippen LogP contribution in [0.2, 0.25) is 5.02 Å². The second kappa shape index (κ2) is 5.18. The zero-order valence-electron chi connectivity index (χ0n) is 7.74. The Labute approximate surface area is 111 Å². The molecule has 78 valence electrons. The fourth-order valence-corrected chi connectivity index (χ4v) is 2.47. The van der Waals surface area contributed by atoms with E-state index in [9.17, 15) is 0 Å². The Bertz CT molecular complexity index is 438. The number of rotatable bonds is 3. The van der Waals surface area contributed by atoms with Crippen LogP contribution in [0.5, 0.6) is 5.75 Å². The molecule has 15 heavy (non-hydrogen) atoms. The minimum atomic E-state index is 0.539. The van der Waals surface area contributed by atoms with Crippen LogP contribution in [-0.4, -0.2) is 0 Å². The van der Waals surface area contributed by atoms with Crippen molar-refractivity contribution in [2.24, 2.45) is 0 Å². The largest absolute Gasteiger partial charge is 0.488 e. The molecule has 0 aliphatic heterocycles. The third-order valence-electron chi connectivity index (χ3n) is 1.87. The summed E-state index contributed by atoms with van der Waals surface area (Å²) >= 11 is 9.84. The molecule has 0 saturated heterocycles. The topological polar surface area (TPSA) is 9.23 Å². The number of benzene rings is 1. The Morgan fingerprint density at radius 2 is 1.93 bits per heavy atom. The van der Waals surface area contributed by atoms with Crippen LogP contribution in [0, 0.1) is 3.57 Å². The predicted molar refractivity (Wildman–Crippen MR) is 72.8 cm³/mol. The van der Waals surface area contributed by atoms with Crippen molar-refractivity contribution in [1.29, 1.82) is 0 Å². The van der Waals surface area contributed by atoms with E-state index in [4.69, 9.17) is 16.3 Å². The molecule has 0 atom stereocenters. The monoisotopic (exact) mass is 350 g/mol. The molecule has 0 N–H and O–H groups in total. The minimum Gasteiger partial charge on any atom is -0.488 e. The van der Waals surface area contributed by atoms with Gasteiger partial charge in [0.25, 0.3) is 0 Å². The maximum Gasteiger partial charge on any atom is 0.124 e. The van der Waals surface area contributed by atoms with Crippen molar-refractivity contribution in [3.63, 3.8) is 0 Å². The first kappa shape index (κ1) is 11.2. The van der Waals surface area contributed by atoms with Crippen LogP contribution in [0.25, 0.3) is 0 Å². The van der Waals surface area contributed by atoms with Crippen LogP contribution in [-0.2, 0) is 6.61 Å². The fourth-order valence-electron chi connectivity index (χ4n) is 1.11. The zero-order valence-corrected chi connectivity index (χ0v) is 11.5. The molecule has 2 rings (SSSR count). The van der Waals surface area contributed by atoms with E-state index in [1.807, 2.05) is 35.7 Å². The quantitative estimate of drug-likeness (QED) is 0.736. The Morgan fingerprint density at radius 1 is 1.20 bits per heavy atom. The summed E-state index contributed by atoms with van der Waals surface area (Å²) in [6.45, 7) is 0.539. The SMILES string of the molecule is Clc1ccsc1COc1ccc(I)cc1. The molecule has 2 aromatic rings. The molecule has 1 nitrogen and oxygen atoms in total. The molecule has 0 fully saturated rings. The molecular weight excluding hydrogens is 343 g/mol. The molecule has 0 bridgehead atoms. The summed E-state index contributed by atoms with van der Waals surface area (Å²) < 4.78 is 6.81. The molecule has 1 aromatic carbocycles. The molecule has 0 unspecified atom stereocenters. The molecule has 0 spiro atoms. The van der Waals surface area contributed by atoms with E-state index in [0.29, 0.717) is 6.61 Å². The van der Waals surface area contributed by atoms with Crippen LogP contribution >= 0.6 is 45.5 Å². The van der Waals surface area contributed by atoms with Gasteiger partial charge < -0.3 is 4.74 Å². The van der Waals surface area contributed by atoms with Crippen molar-refractivity contribution in [3.05, 3.63) is 49.2 Å². The Kier molecular flexibility index (Phi) is 3.88. The van der Waals surface area contributed by atoms with Crippen molar-refractivity contribution in [2.75, 3.05) is 0 Å². The average Bonchev–Trinajstić information content (AvgIpc) is 2.63. The van der Waals surface area contributed by atoms with Gasteiger partial charge in [-0.2, -0.15) is 0 Å². The van der Waals surface area contributed by atoms with E-state index < -0.39 is 0 Å². The van der Waals surface area contributed by atoms with E-state index in [2.05, 4.69) is 22.6 Å². The highest BCUT2D eigenvalue weighted by molar-refractivity contribution is 14.1. The summed E-state index contributed by atoms with van der Waals surface area (Å²) in [6, 6.07) is 9.85. The summed E-state index contributed by atoms with van der Waals surface area (Å²) in [5, 5.41) is 2.75. The van der Waals surface area contributed by atoms with Crippen molar-refractivity contribution in [1.82, 2.24) is 0 Å². The Hall–Kier alpha value is -0.260. The average molecular weight is 351 g/mol. The number of hydrogen-bond donors (Lipinski definition) is 0. The van der Waals surface area contributed by atoms with Crippen LogP contribution < -0.4 is 4.74 Å². The normalized spacial score (nSPS) is 10.3. The smallest absolute Gasteiger partial charge is 0.124 e. The predicted octanol–water partition coefficient (Wildman–Crippen LogP) is 4.59. The lowest BCUT2D eigenvalue weighted by atomic mass is 10.3. The highest BCUT2D eigenvalue weighted by Gasteiger charge is 2.02. The van der Waals surface area contributed by atoms with E-state index in [1.165, 1.54) is 3.57 Å². The first-order valence-corrected chi connectivity index (χ1v) is 6.69. The molecule has 0 aliphatic carbocycles. The second-order valence-corrected chi connectivity index (χ2v) is 5.59. The van der Waals surface area contributed by atoms with E-state index in [0.717, 1.165) is 15.6 Å². The summed E-state index contributed by atoms with van der Waals surface area (Å²) in [7, 11) is 0. The summed E-state index contributed by atoms with van der Waals surface area (Å²) in [5.74, 6) is 0.875. The molecule has 1 aromatic heterocycles. The summed E-state index contributed by atoms with van der Waals surface area (Å²) in [5.41, 5.74) is 0. The minimum absolute atomic E-state index is 0.539. The lowest BCUT2D eigenvalue weighted by Crippen LogP contribution is -1.93. The third-order valence-corrected chi connectivity index (χ3v) is 3.95. The standard InChI is InChI=1S/C11H8ClIOS/c12-10-5-6-15-11(10)7-14-9-3-1-8(13)2-4-9/h1-6H,7H2. The highest BCUT2D eigenvalue weighted by Crippen LogP contribution is 2.24. The van der Waals surface area contributed by atoms with Gasteiger partial charge in [0.15, 0.2) is 0 Å². The van der Waals surface area contributed by atoms with Crippen LogP contribution in [0.4, 0.5) is 0 Å². The maximum atomic E-state index is 5.96. The second-order valence-electron chi connectivity index (χ2n) is 2.93. The van der Waals surface area contributed by atoms with Gasteiger partial charge in [-0.15, -0.1) is 11.3 Å². The first-order valence-electron chi connectivity index (χ1n) is 4.36. The van der Waals surface area contributed by atoms with Gasteiger partial charge in [-0.25, -0.2) is 0 Å². The fraction of sp³-hybridized carbons (Fsp3) is 0.0909. The highest BCUT2D eigenvalue weighted by atomic mass is 127. The van der Waals surface area contributed by atoms with Gasteiger partial charge >= 0.3 is 0 Å². The van der Waals surface area contributed by atoms with E-state index in [1.54, 1.807) is 11.3 Å². The molecular formula is C11H8ClIOS. The number of ether oxygens (including phenoxy) is 1. The molecule has 0 amide bonds. The van der Waals surface area contributed by atoms with Crippen molar-refractivity contribution >= 4 is 45.5 Å². The first-order chi connectivity index (χ1) is 7.25. The van der Waals surface area contributed by atoms with E-state index in [-0.39, 0.29) is 0 Å². The molecule has 4 heteroatoms. The van der Waals surface area contributed by atoms with Crippen molar-refractivity contribution in [2.45, 2.75) is 6.61 Å². The Balaban J connectivity index is 1.99. The van der Waals surface area contributed by atoms with Crippen molar-refractivity contribution < 1.29 is 4.74 Å². The lowest BCUT2D eigenvalue weighted by Gasteiger charge is -2.04. The Morgan fingerprint density at radius 3 is 2.53 bits per heavy atom. The van der Waals surface area contributed by atoms with Crippen LogP contribution in [0.15, 0.2) is 35.7 Å². The lowest BCUT2D eigenvalue weighted by molar-refractivity contribution is 0.310. The third kappa shape index (κ3) is 3.09. The number of hydrogen-bond acceptors (Lipinski definition) is 2. The number of halogens is 2. The van der Waals surface area contributed by atoms with Gasteiger partial charge in [-0.3, -0.25) is 0 Å². The van der Waals surface area contributed by atoms with Crippen LogP contribution in [0.3, 0.4) is 0 Å². The van der Waals surface area contributed by atoms with Gasteiger partial charge in [0, 0.05) is 3.57 Å². The van der Waals surface area contributed by atoms with Gasteiger partial charge in [-0.05, 0) is 58.3 Å².